The Morgan fingerprint density at radius 2 is 1.92 bits per heavy atom. The van der Waals surface area contributed by atoms with Crippen molar-refractivity contribution in [3.8, 4) is 11.5 Å². The molecule has 1 aliphatic rings. The minimum atomic E-state index is -3.84. The fraction of sp³-hybridized carbons (Fsp3) is 0.294. The summed E-state index contributed by atoms with van der Waals surface area (Å²) >= 11 is 0. The first kappa shape index (κ1) is 16.6. The second kappa shape index (κ2) is 5.98. The molecule has 1 heterocycles. The summed E-state index contributed by atoms with van der Waals surface area (Å²) in [5.74, 6) is 0.469. The third-order valence-corrected chi connectivity index (χ3v) is 5.96. The van der Waals surface area contributed by atoms with Crippen LogP contribution in [0.15, 0.2) is 35.2 Å². The van der Waals surface area contributed by atoms with Crippen molar-refractivity contribution in [1.29, 1.82) is 0 Å². The predicted molar refractivity (Wildman–Crippen MR) is 88.9 cm³/mol. The number of hydrogen-bond acceptors (Lipinski definition) is 4. The van der Waals surface area contributed by atoms with E-state index in [-0.39, 0.29) is 23.7 Å². The number of rotatable bonds is 3. The van der Waals surface area contributed by atoms with Crippen molar-refractivity contribution in [2.45, 2.75) is 18.7 Å². The van der Waals surface area contributed by atoms with E-state index in [1.54, 1.807) is 26.0 Å². The second-order valence-electron chi connectivity index (χ2n) is 5.63. The summed E-state index contributed by atoms with van der Waals surface area (Å²) in [6.45, 7) is 3.83. The third-order valence-electron chi connectivity index (χ3n) is 4.00. The Morgan fingerprint density at radius 3 is 2.62 bits per heavy atom. The third kappa shape index (κ3) is 2.69. The molecule has 2 aromatic carbocycles. The lowest BCUT2D eigenvalue weighted by molar-refractivity contribution is 0.315. The molecule has 0 spiro atoms. The molecular formula is C17H18FNO4S. The largest absolute Gasteiger partial charge is 0.496 e. The SMILES string of the molecule is COc1cc(C)c(S(=O)(=O)N2CCOc3ccc(F)cc32)cc1C. The molecule has 0 aliphatic carbocycles. The molecule has 5 nitrogen and oxygen atoms in total. The van der Waals surface area contributed by atoms with Crippen molar-refractivity contribution in [2.75, 3.05) is 24.6 Å². The highest BCUT2D eigenvalue weighted by molar-refractivity contribution is 7.92. The van der Waals surface area contributed by atoms with E-state index in [0.29, 0.717) is 17.1 Å². The number of anilines is 1. The summed E-state index contributed by atoms with van der Waals surface area (Å²) in [4.78, 5) is 0.179. The molecule has 0 bridgehead atoms. The molecule has 3 rings (SSSR count). The molecule has 2 aromatic rings. The van der Waals surface area contributed by atoms with Crippen LogP contribution in [0.1, 0.15) is 11.1 Å². The smallest absolute Gasteiger partial charge is 0.264 e. The molecule has 0 amide bonds. The van der Waals surface area contributed by atoms with Gasteiger partial charge in [-0.05, 0) is 49.2 Å². The summed E-state index contributed by atoms with van der Waals surface area (Å²) in [6, 6.07) is 7.14. The molecule has 0 saturated carbocycles. The molecule has 0 aromatic heterocycles. The number of hydrogen-bond donors (Lipinski definition) is 0. The lowest BCUT2D eigenvalue weighted by Crippen LogP contribution is -2.38. The highest BCUT2D eigenvalue weighted by Gasteiger charge is 2.32. The van der Waals surface area contributed by atoms with Gasteiger partial charge >= 0.3 is 0 Å². The second-order valence-corrected chi connectivity index (χ2v) is 7.46. The summed E-state index contributed by atoms with van der Waals surface area (Å²) in [5.41, 5.74) is 1.51. The molecule has 0 saturated heterocycles. The van der Waals surface area contributed by atoms with Crippen LogP contribution in [0.5, 0.6) is 11.5 Å². The van der Waals surface area contributed by atoms with Gasteiger partial charge in [-0.1, -0.05) is 0 Å². The van der Waals surface area contributed by atoms with E-state index in [2.05, 4.69) is 0 Å². The highest BCUT2D eigenvalue weighted by atomic mass is 32.2. The number of aryl methyl sites for hydroxylation is 2. The van der Waals surface area contributed by atoms with E-state index in [4.69, 9.17) is 9.47 Å². The first-order chi connectivity index (χ1) is 11.3. The molecule has 0 radical (unpaired) electrons. The van der Waals surface area contributed by atoms with Gasteiger partial charge in [-0.15, -0.1) is 0 Å². The minimum Gasteiger partial charge on any atom is -0.496 e. The number of sulfonamides is 1. The lowest BCUT2D eigenvalue weighted by atomic mass is 10.1. The Morgan fingerprint density at radius 1 is 1.17 bits per heavy atom. The van der Waals surface area contributed by atoms with Crippen molar-refractivity contribution < 1.29 is 22.3 Å². The maximum Gasteiger partial charge on any atom is 0.264 e. The van der Waals surface area contributed by atoms with Crippen LogP contribution in [0.2, 0.25) is 0 Å². The van der Waals surface area contributed by atoms with Gasteiger partial charge < -0.3 is 9.47 Å². The zero-order chi connectivity index (χ0) is 17.5. The quantitative estimate of drug-likeness (QED) is 0.853. The number of nitrogens with zero attached hydrogens (tertiary/aromatic N) is 1. The van der Waals surface area contributed by atoms with Crippen LogP contribution in [0.4, 0.5) is 10.1 Å². The maximum atomic E-state index is 13.6. The highest BCUT2D eigenvalue weighted by Crippen LogP contribution is 2.37. The van der Waals surface area contributed by atoms with Gasteiger partial charge in [0.25, 0.3) is 10.0 Å². The van der Waals surface area contributed by atoms with Crippen molar-refractivity contribution in [2.24, 2.45) is 0 Å². The Bertz CT molecular complexity index is 896. The van der Waals surface area contributed by atoms with Gasteiger partial charge in [0.15, 0.2) is 0 Å². The first-order valence-electron chi connectivity index (χ1n) is 7.45. The average molecular weight is 351 g/mol. The maximum absolute atomic E-state index is 13.6. The molecule has 0 fully saturated rings. The van der Waals surface area contributed by atoms with E-state index in [1.165, 1.54) is 29.6 Å². The average Bonchev–Trinajstić information content (AvgIpc) is 2.55. The number of ether oxygens (including phenoxy) is 2. The number of benzene rings is 2. The molecule has 24 heavy (non-hydrogen) atoms. The predicted octanol–water partition coefficient (Wildman–Crippen LogP) is 3.04. The van der Waals surface area contributed by atoms with Gasteiger partial charge in [0.2, 0.25) is 0 Å². The molecule has 0 N–H and O–H groups in total. The number of methoxy groups -OCH3 is 1. The molecule has 1 aliphatic heterocycles. The van der Waals surface area contributed by atoms with Gasteiger partial charge in [-0.2, -0.15) is 0 Å². The van der Waals surface area contributed by atoms with Crippen molar-refractivity contribution >= 4 is 15.7 Å². The summed E-state index contributed by atoms with van der Waals surface area (Å²) in [5, 5.41) is 0. The van der Waals surface area contributed by atoms with Gasteiger partial charge in [-0.3, -0.25) is 4.31 Å². The fourth-order valence-electron chi connectivity index (χ4n) is 2.80. The Balaban J connectivity index is 2.14. The number of halogens is 1. The monoisotopic (exact) mass is 351 g/mol. The zero-order valence-electron chi connectivity index (χ0n) is 13.7. The topological polar surface area (TPSA) is 55.8 Å². The van der Waals surface area contributed by atoms with E-state index in [0.717, 1.165) is 5.56 Å². The van der Waals surface area contributed by atoms with Crippen LogP contribution in [0.3, 0.4) is 0 Å². The van der Waals surface area contributed by atoms with Gasteiger partial charge in [0.1, 0.15) is 23.9 Å². The molecule has 0 atom stereocenters. The molecular weight excluding hydrogens is 333 g/mol. The van der Waals surface area contributed by atoms with E-state index < -0.39 is 15.8 Å². The van der Waals surface area contributed by atoms with Crippen LogP contribution in [0, 0.1) is 19.7 Å². The molecule has 128 valence electrons. The van der Waals surface area contributed by atoms with Crippen molar-refractivity contribution in [3.63, 3.8) is 0 Å². The van der Waals surface area contributed by atoms with Gasteiger partial charge in [0, 0.05) is 6.07 Å². The van der Waals surface area contributed by atoms with Gasteiger partial charge in [0.05, 0.1) is 24.2 Å². The van der Waals surface area contributed by atoms with Crippen molar-refractivity contribution in [1.82, 2.24) is 0 Å². The molecule has 0 unspecified atom stereocenters. The lowest BCUT2D eigenvalue weighted by Gasteiger charge is -2.31. The van der Waals surface area contributed by atoms with Crippen LogP contribution >= 0.6 is 0 Å². The minimum absolute atomic E-state index is 0.128. The summed E-state index contributed by atoms with van der Waals surface area (Å²) < 4.78 is 51.8. The van der Waals surface area contributed by atoms with Crippen LogP contribution in [-0.4, -0.2) is 28.7 Å². The van der Waals surface area contributed by atoms with Crippen molar-refractivity contribution in [3.05, 3.63) is 47.3 Å². The summed E-state index contributed by atoms with van der Waals surface area (Å²) in [6.07, 6.45) is 0. The summed E-state index contributed by atoms with van der Waals surface area (Å²) in [7, 11) is -2.30. The fourth-order valence-corrected chi connectivity index (χ4v) is 4.54. The Labute approximate surface area is 140 Å². The first-order valence-corrected chi connectivity index (χ1v) is 8.89. The zero-order valence-corrected chi connectivity index (χ0v) is 14.5. The van der Waals surface area contributed by atoms with Crippen LogP contribution < -0.4 is 13.8 Å². The van der Waals surface area contributed by atoms with E-state index >= 15 is 0 Å². The van der Waals surface area contributed by atoms with E-state index in [9.17, 15) is 12.8 Å². The van der Waals surface area contributed by atoms with Gasteiger partial charge in [-0.25, -0.2) is 12.8 Å². The normalized spacial score (nSPS) is 14.1. The standard InChI is InChI=1S/C17H18FNO4S/c1-11-9-17(12(2)8-16(11)22-3)24(20,21)19-6-7-23-15-5-4-13(18)10-14(15)19/h4-5,8-10H,6-7H2,1-3H3. The van der Waals surface area contributed by atoms with Crippen LogP contribution in [0.25, 0.3) is 0 Å². The number of fused-ring (bicyclic) bond motifs is 1. The van der Waals surface area contributed by atoms with E-state index in [1.807, 2.05) is 0 Å². The molecule has 7 heteroatoms. The van der Waals surface area contributed by atoms with Crippen LogP contribution in [-0.2, 0) is 10.0 Å². The Kier molecular flexibility index (Phi) is 4.13. The Hall–Kier alpha value is -2.28.